The Kier molecular flexibility index (Phi) is 5.56. The number of hydrogen-bond donors (Lipinski definition) is 1. The first-order valence-corrected chi connectivity index (χ1v) is 6.06. The van der Waals surface area contributed by atoms with E-state index in [1.807, 2.05) is 19.1 Å². The molecular formula is C13H24N2O. The molecule has 92 valence electrons. The van der Waals surface area contributed by atoms with E-state index in [1.165, 1.54) is 6.42 Å². The fourth-order valence-corrected chi connectivity index (χ4v) is 1.50. The van der Waals surface area contributed by atoms with Crippen molar-refractivity contribution >= 4 is 0 Å². The van der Waals surface area contributed by atoms with Crippen LogP contribution in [0.2, 0.25) is 0 Å². The zero-order chi connectivity index (χ0) is 12.0. The Morgan fingerprint density at radius 1 is 1.38 bits per heavy atom. The Morgan fingerprint density at radius 3 is 2.69 bits per heavy atom. The molecule has 0 aromatic carbocycles. The van der Waals surface area contributed by atoms with E-state index in [4.69, 9.17) is 4.42 Å². The molecule has 0 aliphatic rings. The molecular weight excluding hydrogens is 200 g/mol. The van der Waals surface area contributed by atoms with Crippen molar-refractivity contribution in [3.8, 4) is 0 Å². The van der Waals surface area contributed by atoms with Gasteiger partial charge in [0.05, 0.1) is 6.54 Å². The SMILES string of the molecule is Cc1ccc(CNCCCN(C)C(C)C)o1. The first kappa shape index (κ1) is 13.3. The molecule has 0 saturated heterocycles. The summed E-state index contributed by atoms with van der Waals surface area (Å²) in [7, 11) is 2.17. The van der Waals surface area contributed by atoms with E-state index in [0.29, 0.717) is 6.04 Å². The van der Waals surface area contributed by atoms with Crippen LogP contribution in [0.3, 0.4) is 0 Å². The third kappa shape index (κ3) is 4.81. The summed E-state index contributed by atoms with van der Waals surface area (Å²) < 4.78 is 5.48. The van der Waals surface area contributed by atoms with Gasteiger partial charge in [-0.25, -0.2) is 0 Å². The maximum Gasteiger partial charge on any atom is 0.117 e. The first-order valence-electron chi connectivity index (χ1n) is 6.06. The van der Waals surface area contributed by atoms with Crippen molar-refractivity contribution in [3.05, 3.63) is 23.7 Å². The minimum Gasteiger partial charge on any atom is -0.465 e. The van der Waals surface area contributed by atoms with Gasteiger partial charge in [0.1, 0.15) is 11.5 Å². The molecule has 0 atom stereocenters. The lowest BCUT2D eigenvalue weighted by Gasteiger charge is -2.20. The first-order chi connectivity index (χ1) is 7.59. The molecule has 0 bridgehead atoms. The van der Waals surface area contributed by atoms with Gasteiger partial charge < -0.3 is 14.6 Å². The maximum atomic E-state index is 5.48. The number of furan rings is 1. The van der Waals surface area contributed by atoms with E-state index >= 15 is 0 Å². The zero-order valence-electron chi connectivity index (χ0n) is 10.9. The van der Waals surface area contributed by atoms with Crippen molar-refractivity contribution in [1.29, 1.82) is 0 Å². The lowest BCUT2D eigenvalue weighted by molar-refractivity contribution is 0.269. The molecule has 0 spiro atoms. The zero-order valence-corrected chi connectivity index (χ0v) is 10.9. The van der Waals surface area contributed by atoms with Gasteiger partial charge in [-0.15, -0.1) is 0 Å². The summed E-state index contributed by atoms with van der Waals surface area (Å²) in [5.74, 6) is 2.01. The van der Waals surface area contributed by atoms with Gasteiger partial charge in [-0.2, -0.15) is 0 Å². The lowest BCUT2D eigenvalue weighted by Crippen LogP contribution is -2.29. The van der Waals surface area contributed by atoms with Crippen molar-refractivity contribution < 1.29 is 4.42 Å². The molecule has 1 N–H and O–H groups in total. The molecule has 1 rings (SSSR count). The Labute approximate surface area is 98.8 Å². The molecule has 0 aliphatic heterocycles. The van der Waals surface area contributed by atoms with Gasteiger partial charge in [-0.1, -0.05) is 0 Å². The van der Waals surface area contributed by atoms with Gasteiger partial charge in [0.25, 0.3) is 0 Å². The van der Waals surface area contributed by atoms with E-state index in [9.17, 15) is 0 Å². The topological polar surface area (TPSA) is 28.4 Å². The smallest absolute Gasteiger partial charge is 0.117 e. The van der Waals surface area contributed by atoms with Crippen molar-refractivity contribution in [2.75, 3.05) is 20.1 Å². The highest BCUT2D eigenvalue weighted by atomic mass is 16.3. The maximum absolute atomic E-state index is 5.48. The fourth-order valence-electron chi connectivity index (χ4n) is 1.50. The van der Waals surface area contributed by atoms with Gasteiger partial charge in [-0.3, -0.25) is 0 Å². The van der Waals surface area contributed by atoms with E-state index in [-0.39, 0.29) is 0 Å². The number of hydrogen-bond acceptors (Lipinski definition) is 3. The average molecular weight is 224 g/mol. The monoisotopic (exact) mass is 224 g/mol. The van der Waals surface area contributed by atoms with Crippen LogP contribution in [-0.4, -0.2) is 31.1 Å². The quantitative estimate of drug-likeness (QED) is 0.721. The predicted octanol–water partition coefficient (Wildman–Crippen LogP) is 2.41. The molecule has 0 fully saturated rings. The molecule has 1 heterocycles. The third-order valence-corrected chi connectivity index (χ3v) is 2.84. The summed E-state index contributed by atoms with van der Waals surface area (Å²) in [6.07, 6.45) is 1.17. The highest BCUT2D eigenvalue weighted by Crippen LogP contribution is 2.05. The van der Waals surface area contributed by atoms with Crippen molar-refractivity contribution in [1.82, 2.24) is 10.2 Å². The van der Waals surface area contributed by atoms with Crippen LogP contribution >= 0.6 is 0 Å². The van der Waals surface area contributed by atoms with Crippen LogP contribution in [0.25, 0.3) is 0 Å². The Hall–Kier alpha value is -0.800. The summed E-state index contributed by atoms with van der Waals surface area (Å²) >= 11 is 0. The largest absolute Gasteiger partial charge is 0.465 e. The highest BCUT2D eigenvalue weighted by molar-refractivity contribution is 5.04. The van der Waals surface area contributed by atoms with Crippen LogP contribution < -0.4 is 5.32 Å². The highest BCUT2D eigenvalue weighted by Gasteiger charge is 2.02. The molecule has 1 aromatic heterocycles. The molecule has 0 saturated carbocycles. The van der Waals surface area contributed by atoms with Crippen LogP contribution in [0, 0.1) is 6.92 Å². The Balaban J connectivity index is 2.04. The van der Waals surface area contributed by atoms with E-state index in [0.717, 1.165) is 31.2 Å². The number of rotatable bonds is 7. The minimum atomic E-state index is 0.632. The molecule has 3 nitrogen and oxygen atoms in total. The van der Waals surface area contributed by atoms with Gasteiger partial charge in [0.2, 0.25) is 0 Å². The van der Waals surface area contributed by atoms with Crippen molar-refractivity contribution in [2.45, 2.75) is 39.8 Å². The number of nitrogens with one attached hydrogen (secondary N) is 1. The van der Waals surface area contributed by atoms with E-state index in [1.54, 1.807) is 0 Å². The van der Waals surface area contributed by atoms with Crippen LogP contribution in [0.15, 0.2) is 16.5 Å². The predicted molar refractivity (Wildman–Crippen MR) is 67.5 cm³/mol. The van der Waals surface area contributed by atoms with Crippen molar-refractivity contribution in [3.63, 3.8) is 0 Å². The second-order valence-electron chi connectivity index (χ2n) is 4.62. The summed E-state index contributed by atoms with van der Waals surface area (Å²) in [5, 5.41) is 3.39. The minimum absolute atomic E-state index is 0.632. The van der Waals surface area contributed by atoms with Gasteiger partial charge >= 0.3 is 0 Å². The molecule has 0 radical (unpaired) electrons. The summed E-state index contributed by atoms with van der Waals surface area (Å²) in [6, 6.07) is 4.67. The number of aryl methyl sites for hydroxylation is 1. The Morgan fingerprint density at radius 2 is 2.12 bits per heavy atom. The number of nitrogens with zero attached hydrogens (tertiary/aromatic N) is 1. The van der Waals surface area contributed by atoms with E-state index in [2.05, 4.69) is 31.1 Å². The van der Waals surface area contributed by atoms with Crippen molar-refractivity contribution in [2.24, 2.45) is 0 Å². The molecule has 0 amide bonds. The third-order valence-electron chi connectivity index (χ3n) is 2.84. The van der Waals surface area contributed by atoms with Crippen LogP contribution in [-0.2, 0) is 6.54 Å². The van der Waals surface area contributed by atoms with Crippen LogP contribution in [0.5, 0.6) is 0 Å². The lowest BCUT2D eigenvalue weighted by atomic mass is 10.3. The van der Waals surface area contributed by atoms with Crippen LogP contribution in [0.1, 0.15) is 31.8 Å². The van der Waals surface area contributed by atoms with Crippen LogP contribution in [0.4, 0.5) is 0 Å². The second-order valence-corrected chi connectivity index (χ2v) is 4.62. The van der Waals surface area contributed by atoms with Gasteiger partial charge in [0.15, 0.2) is 0 Å². The molecule has 0 aliphatic carbocycles. The summed E-state index contributed by atoms with van der Waals surface area (Å²) in [4.78, 5) is 2.36. The second kappa shape index (κ2) is 6.71. The molecule has 0 unspecified atom stereocenters. The molecule has 1 aromatic rings. The van der Waals surface area contributed by atoms with E-state index < -0.39 is 0 Å². The molecule has 16 heavy (non-hydrogen) atoms. The Bertz CT molecular complexity index is 294. The fraction of sp³-hybridized carbons (Fsp3) is 0.692. The summed E-state index contributed by atoms with van der Waals surface area (Å²) in [6.45, 7) is 9.43. The standard InChI is InChI=1S/C13H24N2O/c1-11(2)15(4)9-5-8-14-10-13-7-6-12(3)16-13/h6-7,11,14H,5,8-10H2,1-4H3. The van der Waals surface area contributed by atoms with Gasteiger partial charge in [-0.05, 0) is 59.5 Å². The normalized spacial score (nSPS) is 11.6. The average Bonchev–Trinajstić information content (AvgIpc) is 2.63. The molecule has 3 heteroatoms. The summed E-state index contributed by atoms with van der Waals surface area (Å²) in [5.41, 5.74) is 0. The van der Waals surface area contributed by atoms with Gasteiger partial charge in [0, 0.05) is 6.04 Å².